The predicted molar refractivity (Wildman–Crippen MR) is 43.8 cm³/mol. The molecule has 1 unspecified atom stereocenters. The van der Waals surface area contributed by atoms with Crippen molar-refractivity contribution in [2.24, 2.45) is 0 Å². The Morgan fingerprint density at radius 2 is 2.50 bits per heavy atom. The number of nitrogens with zero attached hydrogens (tertiary/aromatic N) is 1. The Morgan fingerprint density at radius 3 is 3.08 bits per heavy atom. The maximum Gasteiger partial charge on any atom is 0.329 e. The molecule has 0 spiro atoms. The summed E-state index contributed by atoms with van der Waals surface area (Å²) in [6, 6.07) is 0.273. The van der Waals surface area contributed by atoms with Crippen LogP contribution in [-0.2, 0) is 9.53 Å². The Morgan fingerprint density at radius 1 is 1.75 bits per heavy atom. The van der Waals surface area contributed by atoms with Crippen molar-refractivity contribution in [3.05, 3.63) is 12.3 Å². The summed E-state index contributed by atoms with van der Waals surface area (Å²) in [5.41, 5.74) is 0. The van der Waals surface area contributed by atoms with Crippen LogP contribution in [-0.4, -0.2) is 41.8 Å². The van der Waals surface area contributed by atoms with E-state index in [1.54, 1.807) is 6.20 Å². The summed E-state index contributed by atoms with van der Waals surface area (Å²) < 4.78 is 5.20. The van der Waals surface area contributed by atoms with Gasteiger partial charge in [-0.05, 0) is 6.92 Å². The molecule has 0 aliphatic carbocycles. The predicted octanol–water partition coefficient (Wildman–Crippen LogP) is 0.305. The van der Waals surface area contributed by atoms with Crippen LogP contribution in [0.5, 0.6) is 0 Å². The van der Waals surface area contributed by atoms with Gasteiger partial charge >= 0.3 is 5.97 Å². The van der Waals surface area contributed by atoms with E-state index in [0.717, 1.165) is 12.6 Å². The van der Waals surface area contributed by atoms with Crippen LogP contribution in [0.4, 0.5) is 0 Å². The fourth-order valence-corrected chi connectivity index (χ4v) is 1.12. The van der Waals surface area contributed by atoms with Crippen molar-refractivity contribution in [1.29, 1.82) is 0 Å². The summed E-state index contributed by atoms with van der Waals surface area (Å²) in [5.74, 6) is -0.909. The third kappa shape index (κ3) is 2.54. The summed E-state index contributed by atoms with van der Waals surface area (Å²) >= 11 is 0. The first-order valence-corrected chi connectivity index (χ1v) is 3.95. The van der Waals surface area contributed by atoms with E-state index in [1.165, 1.54) is 0 Å². The van der Waals surface area contributed by atoms with Gasteiger partial charge in [0.1, 0.15) is 0 Å². The molecule has 0 bridgehead atoms. The van der Waals surface area contributed by atoms with Crippen LogP contribution in [0.15, 0.2) is 12.3 Å². The van der Waals surface area contributed by atoms with Gasteiger partial charge in [0.2, 0.25) is 0 Å². The zero-order valence-corrected chi connectivity index (χ0v) is 7.06. The van der Waals surface area contributed by atoms with Crippen LogP contribution in [0.1, 0.15) is 6.92 Å². The highest BCUT2D eigenvalue weighted by atomic mass is 16.5. The van der Waals surface area contributed by atoms with Crippen LogP contribution in [0.3, 0.4) is 0 Å². The molecule has 12 heavy (non-hydrogen) atoms. The summed E-state index contributed by atoms with van der Waals surface area (Å²) in [6.07, 6.45) is 2.76. The van der Waals surface area contributed by atoms with Crippen molar-refractivity contribution in [2.75, 3.05) is 19.8 Å². The monoisotopic (exact) mass is 171 g/mol. The van der Waals surface area contributed by atoms with E-state index < -0.39 is 5.97 Å². The molecule has 1 aliphatic heterocycles. The first-order valence-electron chi connectivity index (χ1n) is 3.95. The Labute approximate surface area is 71.4 Å². The smallest absolute Gasteiger partial charge is 0.329 e. The van der Waals surface area contributed by atoms with E-state index in [0.29, 0.717) is 13.2 Å². The van der Waals surface area contributed by atoms with Gasteiger partial charge in [0.25, 0.3) is 0 Å². The molecule has 1 saturated heterocycles. The summed E-state index contributed by atoms with van der Waals surface area (Å²) in [7, 11) is 0. The summed E-state index contributed by atoms with van der Waals surface area (Å²) in [6.45, 7) is 4.12. The van der Waals surface area contributed by atoms with Crippen molar-refractivity contribution in [1.82, 2.24) is 4.90 Å². The first-order chi connectivity index (χ1) is 5.70. The molecular weight excluding hydrogens is 158 g/mol. The number of hydrogen-bond donors (Lipinski definition) is 1. The zero-order chi connectivity index (χ0) is 8.97. The Bertz CT molecular complexity index is 191. The van der Waals surface area contributed by atoms with Gasteiger partial charge in [-0.25, -0.2) is 4.79 Å². The number of carboxylic acids is 1. The highest BCUT2D eigenvalue weighted by Gasteiger charge is 2.14. The molecule has 0 radical (unpaired) electrons. The summed E-state index contributed by atoms with van der Waals surface area (Å²) in [4.78, 5) is 12.2. The van der Waals surface area contributed by atoms with E-state index in [2.05, 4.69) is 0 Å². The van der Waals surface area contributed by atoms with Crippen LogP contribution in [0, 0.1) is 0 Å². The van der Waals surface area contributed by atoms with Crippen molar-refractivity contribution < 1.29 is 14.6 Å². The van der Waals surface area contributed by atoms with Crippen LogP contribution < -0.4 is 0 Å². The van der Waals surface area contributed by atoms with Gasteiger partial charge in [0.05, 0.1) is 13.2 Å². The number of carbonyl (C=O) groups is 1. The van der Waals surface area contributed by atoms with Crippen molar-refractivity contribution in [3.63, 3.8) is 0 Å². The molecule has 1 fully saturated rings. The molecule has 4 heteroatoms. The average molecular weight is 171 g/mol. The maximum atomic E-state index is 10.2. The zero-order valence-electron chi connectivity index (χ0n) is 7.06. The van der Waals surface area contributed by atoms with Gasteiger partial charge < -0.3 is 14.7 Å². The largest absolute Gasteiger partial charge is 0.478 e. The van der Waals surface area contributed by atoms with E-state index in [1.807, 2.05) is 11.8 Å². The lowest BCUT2D eigenvalue weighted by Crippen LogP contribution is -2.40. The molecule has 1 atom stereocenters. The molecule has 0 aromatic carbocycles. The summed E-state index contributed by atoms with van der Waals surface area (Å²) in [5, 5.41) is 8.39. The maximum absolute atomic E-state index is 10.2. The lowest BCUT2D eigenvalue weighted by Gasteiger charge is -2.31. The second kappa shape index (κ2) is 4.11. The molecule has 0 amide bonds. The molecule has 4 nitrogen and oxygen atoms in total. The Kier molecular flexibility index (Phi) is 3.10. The number of morpholine rings is 1. The third-order valence-corrected chi connectivity index (χ3v) is 1.83. The molecule has 1 heterocycles. The van der Waals surface area contributed by atoms with E-state index in [-0.39, 0.29) is 6.04 Å². The minimum atomic E-state index is -0.909. The van der Waals surface area contributed by atoms with Crippen LogP contribution in [0.2, 0.25) is 0 Å². The molecule has 68 valence electrons. The van der Waals surface area contributed by atoms with Gasteiger partial charge in [-0.2, -0.15) is 0 Å². The number of aliphatic carboxylic acids is 1. The first kappa shape index (κ1) is 9.06. The van der Waals surface area contributed by atoms with Crippen LogP contribution >= 0.6 is 0 Å². The van der Waals surface area contributed by atoms with Crippen molar-refractivity contribution in [2.45, 2.75) is 13.0 Å². The van der Waals surface area contributed by atoms with Gasteiger partial charge in [-0.3, -0.25) is 0 Å². The van der Waals surface area contributed by atoms with E-state index in [4.69, 9.17) is 9.84 Å². The molecule has 1 rings (SSSR count). The number of rotatable bonds is 2. The highest BCUT2D eigenvalue weighted by molar-refractivity contribution is 5.79. The second-order valence-electron chi connectivity index (χ2n) is 2.82. The number of ether oxygens (including phenoxy) is 1. The van der Waals surface area contributed by atoms with E-state index in [9.17, 15) is 4.79 Å². The molecule has 1 N–H and O–H groups in total. The minimum Gasteiger partial charge on any atom is -0.478 e. The number of hydrogen-bond acceptors (Lipinski definition) is 3. The quantitative estimate of drug-likeness (QED) is 0.607. The second-order valence-corrected chi connectivity index (χ2v) is 2.82. The van der Waals surface area contributed by atoms with Crippen molar-refractivity contribution in [3.8, 4) is 0 Å². The molecule has 0 aromatic heterocycles. The Hall–Kier alpha value is -1.03. The lowest BCUT2D eigenvalue weighted by molar-refractivity contribution is -0.131. The highest BCUT2D eigenvalue weighted by Crippen LogP contribution is 2.05. The molecule has 0 aromatic rings. The minimum absolute atomic E-state index is 0.273. The lowest BCUT2D eigenvalue weighted by atomic mass is 10.3. The number of carboxylic acid groups (broad SMARTS) is 1. The standard InChI is InChI=1S/C8H13NO3/c1-7-6-12-5-4-9(7)3-2-8(10)11/h2-3,7H,4-6H2,1H3,(H,10,11). The van der Waals surface area contributed by atoms with Crippen molar-refractivity contribution >= 4 is 5.97 Å². The topological polar surface area (TPSA) is 49.8 Å². The van der Waals surface area contributed by atoms with Crippen LogP contribution in [0.25, 0.3) is 0 Å². The third-order valence-electron chi connectivity index (χ3n) is 1.83. The molecular formula is C8H13NO3. The molecule has 0 saturated carbocycles. The normalized spacial score (nSPS) is 24.8. The SMILES string of the molecule is CC1COCCN1C=CC(=O)O. The van der Waals surface area contributed by atoms with Gasteiger partial charge in [0, 0.05) is 24.9 Å². The average Bonchev–Trinajstić information content (AvgIpc) is 2.03. The fourth-order valence-electron chi connectivity index (χ4n) is 1.12. The fraction of sp³-hybridized carbons (Fsp3) is 0.625. The molecule has 1 aliphatic rings. The Balaban J connectivity index is 2.43. The van der Waals surface area contributed by atoms with Gasteiger partial charge in [-0.15, -0.1) is 0 Å². The van der Waals surface area contributed by atoms with Gasteiger partial charge in [0.15, 0.2) is 0 Å². The van der Waals surface area contributed by atoms with E-state index >= 15 is 0 Å². The van der Waals surface area contributed by atoms with Gasteiger partial charge in [-0.1, -0.05) is 0 Å².